The third-order valence-corrected chi connectivity index (χ3v) is 3.58. The SMILES string of the molecule is CN(C(=O)c1ccc(-c2ccccc2)cc1)c1cccnc1. The van der Waals surface area contributed by atoms with Gasteiger partial charge in [-0.15, -0.1) is 0 Å². The highest BCUT2D eigenvalue weighted by Gasteiger charge is 2.13. The molecule has 1 aromatic heterocycles. The van der Waals surface area contributed by atoms with Gasteiger partial charge in [0.1, 0.15) is 0 Å². The van der Waals surface area contributed by atoms with Crippen molar-refractivity contribution in [1.82, 2.24) is 4.98 Å². The number of rotatable bonds is 3. The second kappa shape index (κ2) is 6.22. The van der Waals surface area contributed by atoms with Crippen molar-refractivity contribution in [3.63, 3.8) is 0 Å². The Kier molecular flexibility index (Phi) is 3.97. The Morgan fingerprint density at radius 2 is 1.55 bits per heavy atom. The lowest BCUT2D eigenvalue weighted by Crippen LogP contribution is -2.26. The Balaban J connectivity index is 1.82. The summed E-state index contributed by atoms with van der Waals surface area (Å²) in [6, 6.07) is 21.5. The molecule has 0 saturated carbocycles. The minimum Gasteiger partial charge on any atom is -0.310 e. The number of amides is 1. The van der Waals surface area contributed by atoms with Gasteiger partial charge < -0.3 is 4.90 Å². The van der Waals surface area contributed by atoms with Gasteiger partial charge in [-0.3, -0.25) is 9.78 Å². The fourth-order valence-electron chi connectivity index (χ4n) is 2.30. The van der Waals surface area contributed by atoms with Crippen LogP contribution in [0.1, 0.15) is 10.4 Å². The van der Waals surface area contributed by atoms with Gasteiger partial charge in [-0.1, -0.05) is 42.5 Å². The molecule has 1 heterocycles. The van der Waals surface area contributed by atoms with Crippen molar-refractivity contribution in [1.29, 1.82) is 0 Å². The molecule has 0 fully saturated rings. The molecule has 0 bridgehead atoms. The minimum absolute atomic E-state index is 0.0485. The third-order valence-electron chi connectivity index (χ3n) is 3.58. The third kappa shape index (κ3) is 2.88. The molecule has 3 rings (SSSR count). The molecule has 22 heavy (non-hydrogen) atoms. The van der Waals surface area contributed by atoms with Crippen molar-refractivity contribution in [2.75, 3.05) is 11.9 Å². The molecule has 1 amide bonds. The summed E-state index contributed by atoms with van der Waals surface area (Å²) in [4.78, 5) is 18.1. The lowest BCUT2D eigenvalue weighted by molar-refractivity contribution is 0.0993. The smallest absolute Gasteiger partial charge is 0.258 e. The fraction of sp³-hybridized carbons (Fsp3) is 0.0526. The minimum atomic E-state index is -0.0485. The molecule has 0 radical (unpaired) electrons. The first kappa shape index (κ1) is 14.0. The second-order valence-electron chi connectivity index (χ2n) is 5.02. The number of aromatic nitrogens is 1. The zero-order valence-corrected chi connectivity index (χ0v) is 12.3. The van der Waals surface area contributed by atoms with Crippen LogP contribution in [0.15, 0.2) is 79.1 Å². The average Bonchev–Trinajstić information content (AvgIpc) is 2.62. The van der Waals surface area contributed by atoms with E-state index in [1.807, 2.05) is 54.6 Å². The summed E-state index contributed by atoms with van der Waals surface area (Å²) in [5, 5.41) is 0. The summed E-state index contributed by atoms with van der Waals surface area (Å²) >= 11 is 0. The van der Waals surface area contributed by atoms with E-state index < -0.39 is 0 Å². The molecule has 2 aromatic carbocycles. The molecule has 0 atom stereocenters. The monoisotopic (exact) mass is 288 g/mol. The fourth-order valence-corrected chi connectivity index (χ4v) is 2.30. The topological polar surface area (TPSA) is 33.2 Å². The van der Waals surface area contributed by atoms with Gasteiger partial charge >= 0.3 is 0 Å². The maximum Gasteiger partial charge on any atom is 0.258 e. The molecular formula is C19H16N2O. The van der Waals surface area contributed by atoms with Crippen molar-refractivity contribution in [3.8, 4) is 11.1 Å². The Morgan fingerprint density at radius 1 is 0.864 bits per heavy atom. The van der Waals surface area contributed by atoms with Crippen molar-refractivity contribution < 1.29 is 4.79 Å². The first-order valence-electron chi connectivity index (χ1n) is 7.09. The molecule has 3 aromatic rings. The van der Waals surface area contributed by atoms with Crippen molar-refractivity contribution in [2.45, 2.75) is 0 Å². The average molecular weight is 288 g/mol. The summed E-state index contributed by atoms with van der Waals surface area (Å²) in [5.41, 5.74) is 3.67. The zero-order valence-electron chi connectivity index (χ0n) is 12.3. The van der Waals surface area contributed by atoms with E-state index in [2.05, 4.69) is 17.1 Å². The Labute approximate surface area is 129 Å². The molecular weight excluding hydrogens is 272 g/mol. The van der Waals surface area contributed by atoms with Gasteiger partial charge in [-0.05, 0) is 35.4 Å². The molecule has 0 unspecified atom stereocenters. The Hall–Kier alpha value is -2.94. The molecule has 0 N–H and O–H groups in total. The normalized spacial score (nSPS) is 10.2. The molecule has 0 spiro atoms. The van der Waals surface area contributed by atoms with E-state index >= 15 is 0 Å². The van der Waals surface area contributed by atoms with Gasteiger partial charge in [0.15, 0.2) is 0 Å². The van der Waals surface area contributed by atoms with Crippen LogP contribution in [0.4, 0.5) is 5.69 Å². The standard InChI is InChI=1S/C19H16N2O/c1-21(18-8-5-13-20-14-18)19(22)17-11-9-16(10-12-17)15-6-3-2-4-7-15/h2-14H,1H3. The first-order valence-corrected chi connectivity index (χ1v) is 7.09. The maximum atomic E-state index is 12.5. The van der Waals surface area contributed by atoms with Gasteiger partial charge in [0.25, 0.3) is 5.91 Å². The number of carbonyl (C=O) groups is 1. The quantitative estimate of drug-likeness (QED) is 0.729. The molecule has 0 aliphatic carbocycles. The van der Waals surface area contributed by atoms with Gasteiger partial charge in [-0.2, -0.15) is 0 Å². The Morgan fingerprint density at radius 3 is 2.18 bits per heavy atom. The van der Waals surface area contributed by atoms with Gasteiger partial charge in [-0.25, -0.2) is 0 Å². The van der Waals surface area contributed by atoms with E-state index in [4.69, 9.17) is 0 Å². The van der Waals surface area contributed by atoms with Crippen LogP contribution in [0, 0.1) is 0 Å². The Bertz CT molecular complexity index is 752. The van der Waals surface area contributed by atoms with Crippen LogP contribution in [0.5, 0.6) is 0 Å². The number of nitrogens with zero attached hydrogens (tertiary/aromatic N) is 2. The number of carbonyl (C=O) groups excluding carboxylic acids is 1. The lowest BCUT2D eigenvalue weighted by atomic mass is 10.0. The predicted octanol–water partition coefficient (Wildman–Crippen LogP) is 4.03. The van der Waals surface area contributed by atoms with Gasteiger partial charge in [0.2, 0.25) is 0 Å². The molecule has 3 nitrogen and oxygen atoms in total. The molecule has 108 valence electrons. The van der Waals surface area contributed by atoms with Crippen molar-refractivity contribution >= 4 is 11.6 Å². The summed E-state index contributed by atoms with van der Waals surface area (Å²) in [7, 11) is 1.75. The van der Waals surface area contributed by atoms with E-state index in [1.165, 1.54) is 0 Å². The number of hydrogen-bond donors (Lipinski definition) is 0. The summed E-state index contributed by atoms with van der Waals surface area (Å²) in [5.74, 6) is -0.0485. The highest BCUT2D eigenvalue weighted by atomic mass is 16.2. The van der Waals surface area contributed by atoms with Gasteiger partial charge in [0, 0.05) is 18.8 Å². The highest BCUT2D eigenvalue weighted by molar-refractivity contribution is 6.05. The van der Waals surface area contributed by atoms with Crippen LogP contribution in [0.25, 0.3) is 11.1 Å². The maximum absolute atomic E-state index is 12.5. The first-order chi connectivity index (χ1) is 10.8. The number of hydrogen-bond acceptors (Lipinski definition) is 2. The van der Waals surface area contributed by atoms with Crippen molar-refractivity contribution in [3.05, 3.63) is 84.7 Å². The van der Waals surface area contributed by atoms with Crippen LogP contribution in [-0.2, 0) is 0 Å². The van der Waals surface area contributed by atoms with Crippen LogP contribution in [0.2, 0.25) is 0 Å². The molecule has 0 saturated heterocycles. The zero-order chi connectivity index (χ0) is 15.4. The molecule has 0 aliphatic heterocycles. The van der Waals surface area contributed by atoms with Crippen LogP contribution in [-0.4, -0.2) is 17.9 Å². The van der Waals surface area contributed by atoms with Crippen LogP contribution in [0.3, 0.4) is 0 Å². The number of anilines is 1. The van der Waals surface area contributed by atoms with E-state index in [0.717, 1.165) is 16.8 Å². The van der Waals surface area contributed by atoms with E-state index in [9.17, 15) is 4.79 Å². The second-order valence-corrected chi connectivity index (χ2v) is 5.02. The van der Waals surface area contributed by atoms with E-state index in [-0.39, 0.29) is 5.91 Å². The van der Waals surface area contributed by atoms with Crippen molar-refractivity contribution in [2.24, 2.45) is 0 Å². The largest absolute Gasteiger partial charge is 0.310 e. The molecule has 0 aliphatic rings. The van der Waals surface area contributed by atoms with Gasteiger partial charge in [0.05, 0.1) is 11.9 Å². The highest BCUT2D eigenvalue weighted by Crippen LogP contribution is 2.20. The van der Waals surface area contributed by atoms with Crippen LogP contribution < -0.4 is 4.90 Å². The summed E-state index contributed by atoms with van der Waals surface area (Å²) in [6.45, 7) is 0. The number of pyridine rings is 1. The summed E-state index contributed by atoms with van der Waals surface area (Å²) < 4.78 is 0. The summed E-state index contributed by atoms with van der Waals surface area (Å²) in [6.07, 6.45) is 3.37. The predicted molar refractivity (Wildman–Crippen MR) is 88.8 cm³/mol. The van der Waals surface area contributed by atoms with E-state index in [1.54, 1.807) is 24.3 Å². The lowest BCUT2D eigenvalue weighted by Gasteiger charge is -2.17. The van der Waals surface area contributed by atoms with Crippen LogP contribution >= 0.6 is 0 Å². The van der Waals surface area contributed by atoms with E-state index in [0.29, 0.717) is 5.56 Å². The number of benzene rings is 2. The molecule has 3 heteroatoms.